The number of ether oxygens (including phenoxy) is 1. The third-order valence-electron chi connectivity index (χ3n) is 3.04. The molecule has 4 heteroatoms. The predicted octanol–water partition coefficient (Wildman–Crippen LogP) is 2.05. The van der Waals surface area contributed by atoms with Crippen LogP contribution in [0.3, 0.4) is 0 Å². The molecule has 0 unspecified atom stereocenters. The SMILES string of the molecule is COC(=O)[C@@H]([Se]c1ccccc1)[C@H](O)/C=C/c1ccccc1. The van der Waals surface area contributed by atoms with Crippen molar-refractivity contribution in [1.82, 2.24) is 0 Å². The average Bonchev–Trinajstić information content (AvgIpc) is 2.58. The second-order valence-corrected chi connectivity index (χ2v) is 7.18. The van der Waals surface area contributed by atoms with Gasteiger partial charge in [0, 0.05) is 0 Å². The number of carbonyl (C=O) groups excluding carboxylic acids is 1. The molecule has 114 valence electrons. The molecule has 3 nitrogen and oxygen atoms in total. The summed E-state index contributed by atoms with van der Waals surface area (Å²) in [6, 6.07) is 19.4. The first-order chi connectivity index (χ1) is 10.7. The van der Waals surface area contributed by atoms with Crippen LogP contribution in [0.5, 0.6) is 0 Å². The van der Waals surface area contributed by atoms with Gasteiger partial charge in [0.2, 0.25) is 0 Å². The van der Waals surface area contributed by atoms with Crippen LogP contribution in [-0.4, -0.2) is 39.2 Å². The third kappa shape index (κ3) is 4.85. The number of methoxy groups -OCH3 is 1. The van der Waals surface area contributed by atoms with Crippen molar-refractivity contribution in [2.75, 3.05) is 7.11 Å². The summed E-state index contributed by atoms with van der Waals surface area (Å²) in [4.78, 5) is 11.4. The Balaban J connectivity index is 2.11. The number of rotatable bonds is 6. The number of hydrogen-bond donors (Lipinski definition) is 1. The van der Waals surface area contributed by atoms with Crippen LogP contribution in [0.2, 0.25) is 4.82 Å². The Morgan fingerprint density at radius 3 is 2.27 bits per heavy atom. The van der Waals surface area contributed by atoms with Gasteiger partial charge in [-0.15, -0.1) is 0 Å². The molecule has 0 saturated carbocycles. The molecular formula is C18H18O3Se. The second-order valence-electron chi connectivity index (χ2n) is 4.64. The number of hydrogen-bond acceptors (Lipinski definition) is 3. The Bertz CT molecular complexity index is 611. The minimum atomic E-state index is -0.868. The summed E-state index contributed by atoms with van der Waals surface area (Å²) in [5, 5.41) is 10.4. The van der Waals surface area contributed by atoms with Crippen molar-refractivity contribution in [3.05, 3.63) is 72.3 Å². The summed E-state index contributed by atoms with van der Waals surface area (Å²) in [5.74, 6) is -0.380. The first kappa shape index (κ1) is 16.5. The van der Waals surface area contributed by atoms with Crippen LogP contribution in [0.1, 0.15) is 5.56 Å². The van der Waals surface area contributed by atoms with E-state index in [4.69, 9.17) is 4.74 Å². The van der Waals surface area contributed by atoms with Crippen molar-refractivity contribution >= 4 is 31.5 Å². The second kappa shape index (κ2) is 8.54. The zero-order chi connectivity index (χ0) is 15.8. The van der Waals surface area contributed by atoms with E-state index in [2.05, 4.69) is 0 Å². The zero-order valence-corrected chi connectivity index (χ0v) is 14.0. The van der Waals surface area contributed by atoms with Gasteiger partial charge in [0.25, 0.3) is 0 Å². The van der Waals surface area contributed by atoms with Gasteiger partial charge in [0.05, 0.1) is 0 Å². The fourth-order valence-corrected chi connectivity index (χ4v) is 4.06. The van der Waals surface area contributed by atoms with Gasteiger partial charge in [-0.3, -0.25) is 0 Å². The molecule has 0 heterocycles. The van der Waals surface area contributed by atoms with E-state index in [0.29, 0.717) is 0 Å². The van der Waals surface area contributed by atoms with Crippen LogP contribution in [0.4, 0.5) is 0 Å². The first-order valence-electron chi connectivity index (χ1n) is 6.91. The van der Waals surface area contributed by atoms with Gasteiger partial charge < -0.3 is 0 Å². The Morgan fingerprint density at radius 2 is 1.68 bits per heavy atom. The van der Waals surface area contributed by atoms with Gasteiger partial charge in [0.1, 0.15) is 0 Å². The Hall–Kier alpha value is -1.87. The standard InChI is InChI=1S/C18H18O3Se/c1-21-18(20)17(22-15-10-6-3-7-11-15)16(19)13-12-14-8-4-2-5-9-14/h2-13,16-17,19H,1H3/b13-12+/t16-,17+/m1/s1. The normalized spacial score (nSPS) is 13.7. The predicted molar refractivity (Wildman–Crippen MR) is 89.1 cm³/mol. The van der Waals surface area contributed by atoms with E-state index >= 15 is 0 Å². The fraction of sp³-hybridized carbons (Fsp3) is 0.167. The molecule has 0 aliphatic rings. The molecule has 2 rings (SSSR count). The van der Waals surface area contributed by atoms with Crippen molar-refractivity contribution < 1.29 is 14.6 Å². The van der Waals surface area contributed by atoms with Crippen LogP contribution in [0.25, 0.3) is 6.08 Å². The fourth-order valence-electron chi connectivity index (χ4n) is 1.89. The van der Waals surface area contributed by atoms with Crippen LogP contribution < -0.4 is 4.46 Å². The van der Waals surface area contributed by atoms with Crippen molar-refractivity contribution in [2.24, 2.45) is 0 Å². The Labute approximate surface area is 136 Å². The molecule has 2 aromatic rings. The molecule has 0 aliphatic carbocycles. The summed E-state index contributed by atoms with van der Waals surface area (Å²) < 4.78 is 5.89. The molecule has 0 bridgehead atoms. The van der Waals surface area contributed by atoms with Crippen molar-refractivity contribution in [3.8, 4) is 0 Å². The summed E-state index contributed by atoms with van der Waals surface area (Å²) >= 11 is -0.200. The Morgan fingerprint density at radius 1 is 1.09 bits per heavy atom. The van der Waals surface area contributed by atoms with E-state index < -0.39 is 10.9 Å². The van der Waals surface area contributed by atoms with E-state index in [0.717, 1.165) is 10.0 Å². The Kier molecular flexibility index (Phi) is 6.41. The van der Waals surface area contributed by atoms with Crippen LogP contribution in [-0.2, 0) is 9.53 Å². The van der Waals surface area contributed by atoms with Gasteiger partial charge in [0.15, 0.2) is 0 Å². The summed E-state index contributed by atoms with van der Waals surface area (Å²) in [5.41, 5.74) is 0.984. The zero-order valence-electron chi connectivity index (χ0n) is 12.3. The summed E-state index contributed by atoms with van der Waals surface area (Å²) in [6.45, 7) is 0. The topological polar surface area (TPSA) is 46.5 Å². The number of esters is 1. The van der Waals surface area contributed by atoms with E-state index in [1.54, 1.807) is 6.08 Å². The molecule has 0 radical (unpaired) electrons. The number of carbonyl (C=O) groups is 1. The molecule has 0 fully saturated rings. The quantitative estimate of drug-likeness (QED) is 0.633. The van der Waals surface area contributed by atoms with Gasteiger partial charge >= 0.3 is 136 Å². The molecule has 0 amide bonds. The number of aliphatic hydroxyl groups is 1. The van der Waals surface area contributed by atoms with Crippen LogP contribution >= 0.6 is 0 Å². The first-order valence-corrected chi connectivity index (χ1v) is 8.76. The van der Waals surface area contributed by atoms with Crippen molar-refractivity contribution in [1.29, 1.82) is 0 Å². The van der Waals surface area contributed by atoms with Crippen molar-refractivity contribution in [2.45, 2.75) is 10.9 Å². The van der Waals surface area contributed by atoms with Gasteiger partial charge in [-0.2, -0.15) is 0 Å². The van der Waals surface area contributed by atoms with Gasteiger partial charge in [-0.1, -0.05) is 0 Å². The third-order valence-corrected chi connectivity index (χ3v) is 5.70. The van der Waals surface area contributed by atoms with E-state index in [1.165, 1.54) is 7.11 Å². The van der Waals surface area contributed by atoms with Crippen LogP contribution in [0, 0.1) is 0 Å². The molecule has 2 atom stereocenters. The number of benzene rings is 2. The molecule has 1 N–H and O–H groups in total. The molecule has 0 spiro atoms. The number of aliphatic hydroxyl groups excluding tert-OH is 1. The van der Waals surface area contributed by atoms with Gasteiger partial charge in [-0.05, 0) is 0 Å². The maximum absolute atomic E-state index is 12.0. The molecule has 22 heavy (non-hydrogen) atoms. The van der Waals surface area contributed by atoms with E-state index in [-0.39, 0.29) is 20.9 Å². The van der Waals surface area contributed by atoms with E-state index in [1.807, 2.05) is 66.7 Å². The molecule has 0 aromatic heterocycles. The molecule has 0 aliphatic heterocycles. The van der Waals surface area contributed by atoms with Crippen molar-refractivity contribution in [3.63, 3.8) is 0 Å². The monoisotopic (exact) mass is 362 g/mol. The summed E-state index contributed by atoms with van der Waals surface area (Å²) in [6.07, 6.45) is 2.61. The average molecular weight is 361 g/mol. The van der Waals surface area contributed by atoms with E-state index in [9.17, 15) is 9.90 Å². The molecule has 2 aromatic carbocycles. The maximum atomic E-state index is 12.0. The molecule has 0 saturated heterocycles. The van der Waals surface area contributed by atoms with Gasteiger partial charge in [-0.25, -0.2) is 0 Å². The summed E-state index contributed by atoms with van der Waals surface area (Å²) in [7, 11) is 1.35. The molecular weight excluding hydrogens is 343 g/mol. The van der Waals surface area contributed by atoms with Crippen LogP contribution in [0.15, 0.2) is 66.7 Å². The minimum absolute atomic E-state index is 0.200.